The lowest BCUT2D eigenvalue weighted by Gasteiger charge is -2.10. The highest BCUT2D eigenvalue weighted by Crippen LogP contribution is 2.07. The summed E-state index contributed by atoms with van der Waals surface area (Å²) in [6.45, 7) is 0.435. The van der Waals surface area contributed by atoms with Crippen LogP contribution in [-0.4, -0.2) is 41.6 Å². The summed E-state index contributed by atoms with van der Waals surface area (Å²) in [6.07, 6.45) is 1.81. The summed E-state index contributed by atoms with van der Waals surface area (Å²) in [5.74, 6) is 0.437. The third kappa shape index (κ3) is 3.20. The maximum atomic E-state index is 11.3. The Morgan fingerprint density at radius 2 is 2.38 bits per heavy atom. The molecule has 1 amide bonds. The van der Waals surface area contributed by atoms with Gasteiger partial charge >= 0.3 is 0 Å². The van der Waals surface area contributed by atoms with Crippen LogP contribution in [0, 0.1) is 11.3 Å². The second-order valence-electron chi connectivity index (χ2n) is 3.37. The van der Waals surface area contributed by atoms with Gasteiger partial charge in [-0.3, -0.25) is 4.79 Å². The van der Waals surface area contributed by atoms with Crippen LogP contribution in [0.1, 0.15) is 12.0 Å². The molecule has 1 aromatic rings. The Balaban J connectivity index is 2.50. The molecule has 0 fully saturated rings. The van der Waals surface area contributed by atoms with Crippen molar-refractivity contribution >= 4 is 11.7 Å². The first-order chi connectivity index (χ1) is 7.65. The molecule has 0 saturated carbocycles. The van der Waals surface area contributed by atoms with Crippen LogP contribution in [0.15, 0.2) is 12.3 Å². The summed E-state index contributed by atoms with van der Waals surface area (Å²) < 4.78 is 0. The molecule has 1 aromatic heterocycles. The van der Waals surface area contributed by atoms with Gasteiger partial charge in [0.15, 0.2) is 5.82 Å². The molecule has 0 aromatic carbocycles. The van der Waals surface area contributed by atoms with Crippen molar-refractivity contribution in [1.29, 1.82) is 5.26 Å². The highest BCUT2D eigenvalue weighted by molar-refractivity contribution is 5.76. The van der Waals surface area contributed by atoms with Crippen molar-refractivity contribution in [2.75, 3.05) is 26.0 Å². The van der Waals surface area contributed by atoms with E-state index in [4.69, 9.17) is 5.26 Å². The summed E-state index contributed by atoms with van der Waals surface area (Å²) in [6, 6.07) is 3.57. The van der Waals surface area contributed by atoms with E-state index >= 15 is 0 Å². The number of amides is 1. The normalized spacial score (nSPS) is 9.31. The van der Waals surface area contributed by atoms with Crippen LogP contribution in [0.25, 0.3) is 0 Å². The second-order valence-corrected chi connectivity index (χ2v) is 3.37. The minimum absolute atomic E-state index is 0.0231. The fourth-order valence-electron chi connectivity index (χ4n) is 1.06. The van der Waals surface area contributed by atoms with Crippen molar-refractivity contribution in [2.45, 2.75) is 6.42 Å². The standard InChI is InChI=1S/C10H13N5O/c1-15(2)9(16)4-5-12-10-8(7-11)3-6-13-14-10/h3,6H,4-5H2,1-2H3,(H,12,14). The molecule has 0 radical (unpaired) electrons. The van der Waals surface area contributed by atoms with Gasteiger partial charge in [-0.2, -0.15) is 10.4 Å². The lowest BCUT2D eigenvalue weighted by molar-refractivity contribution is -0.128. The highest BCUT2D eigenvalue weighted by Gasteiger charge is 2.05. The minimum atomic E-state index is 0.0231. The van der Waals surface area contributed by atoms with E-state index in [1.165, 1.54) is 11.1 Å². The van der Waals surface area contributed by atoms with E-state index in [-0.39, 0.29) is 5.91 Å². The molecule has 0 atom stereocenters. The quantitative estimate of drug-likeness (QED) is 0.784. The van der Waals surface area contributed by atoms with Gasteiger partial charge in [-0.15, -0.1) is 5.10 Å². The number of aromatic nitrogens is 2. The van der Waals surface area contributed by atoms with Gasteiger partial charge in [-0.25, -0.2) is 0 Å². The van der Waals surface area contributed by atoms with E-state index in [1.807, 2.05) is 6.07 Å². The van der Waals surface area contributed by atoms with Gasteiger partial charge < -0.3 is 10.2 Å². The molecule has 84 valence electrons. The van der Waals surface area contributed by atoms with Crippen molar-refractivity contribution in [2.24, 2.45) is 0 Å². The lowest BCUT2D eigenvalue weighted by Crippen LogP contribution is -2.24. The van der Waals surface area contributed by atoms with Crippen molar-refractivity contribution in [3.63, 3.8) is 0 Å². The number of rotatable bonds is 4. The Bertz CT molecular complexity index is 410. The molecule has 0 spiro atoms. The molecule has 0 aliphatic rings. The second kappa shape index (κ2) is 5.66. The van der Waals surface area contributed by atoms with Crippen molar-refractivity contribution in [1.82, 2.24) is 15.1 Å². The summed E-state index contributed by atoms with van der Waals surface area (Å²) in [5, 5.41) is 19.1. The number of hydrogen-bond acceptors (Lipinski definition) is 5. The summed E-state index contributed by atoms with van der Waals surface area (Å²) in [4.78, 5) is 12.8. The number of nitrogens with zero attached hydrogens (tertiary/aromatic N) is 4. The zero-order valence-electron chi connectivity index (χ0n) is 9.27. The smallest absolute Gasteiger partial charge is 0.223 e. The maximum Gasteiger partial charge on any atom is 0.223 e. The van der Waals surface area contributed by atoms with E-state index in [9.17, 15) is 4.79 Å². The van der Waals surface area contributed by atoms with E-state index < -0.39 is 0 Å². The minimum Gasteiger partial charge on any atom is -0.367 e. The van der Waals surface area contributed by atoms with Crippen LogP contribution in [0.4, 0.5) is 5.82 Å². The predicted octanol–water partition coefficient (Wildman–Crippen LogP) is 0.238. The molecular weight excluding hydrogens is 206 g/mol. The van der Waals surface area contributed by atoms with Gasteiger partial charge in [0, 0.05) is 27.1 Å². The van der Waals surface area contributed by atoms with Crippen LogP contribution < -0.4 is 5.32 Å². The van der Waals surface area contributed by atoms with E-state index in [0.29, 0.717) is 24.3 Å². The van der Waals surface area contributed by atoms with Crippen LogP contribution in [-0.2, 0) is 4.79 Å². The highest BCUT2D eigenvalue weighted by atomic mass is 16.2. The first-order valence-electron chi connectivity index (χ1n) is 4.81. The maximum absolute atomic E-state index is 11.3. The average Bonchev–Trinajstić information content (AvgIpc) is 2.29. The molecule has 6 heteroatoms. The Hall–Kier alpha value is -2.16. The molecule has 0 aliphatic heterocycles. The van der Waals surface area contributed by atoms with Gasteiger partial charge in [0.25, 0.3) is 0 Å². The summed E-state index contributed by atoms with van der Waals surface area (Å²) in [7, 11) is 3.40. The van der Waals surface area contributed by atoms with Crippen molar-refractivity contribution in [3.05, 3.63) is 17.8 Å². The molecule has 16 heavy (non-hydrogen) atoms. The van der Waals surface area contributed by atoms with E-state index in [0.717, 1.165) is 0 Å². The van der Waals surface area contributed by atoms with Gasteiger partial charge in [-0.1, -0.05) is 0 Å². The zero-order valence-corrected chi connectivity index (χ0v) is 9.27. The molecule has 0 bridgehead atoms. The van der Waals surface area contributed by atoms with Crippen molar-refractivity contribution < 1.29 is 4.79 Å². The fourth-order valence-corrected chi connectivity index (χ4v) is 1.06. The van der Waals surface area contributed by atoms with Gasteiger partial charge in [0.05, 0.1) is 11.8 Å². The van der Waals surface area contributed by atoms with Crippen molar-refractivity contribution in [3.8, 4) is 6.07 Å². The number of anilines is 1. The molecule has 1 N–H and O–H groups in total. The van der Waals surface area contributed by atoms with E-state index in [2.05, 4.69) is 15.5 Å². The SMILES string of the molecule is CN(C)C(=O)CCNc1nnccc1C#N. The zero-order chi connectivity index (χ0) is 12.0. The van der Waals surface area contributed by atoms with E-state index in [1.54, 1.807) is 20.2 Å². The Labute approximate surface area is 93.9 Å². The molecule has 0 unspecified atom stereocenters. The Morgan fingerprint density at radius 3 is 3.00 bits per heavy atom. The van der Waals surface area contributed by atoms with Crippen LogP contribution in [0.5, 0.6) is 0 Å². The monoisotopic (exact) mass is 219 g/mol. The van der Waals surface area contributed by atoms with Gasteiger partial charge in [-0.05, 0) is 6.07 Å². The lowest BCUT2D eigenvalue weighted by atomic mass is 10.3. The Kier molecular flexibility index (Phi) is 4.21. The first kappa shape index (κ1) is 11.9. The number of nitriles is 1. The fraction of sp³-hybridized carbons (Fsp3) is 0.400. The molecular formula is C10H13N5O. The first-order valence-corrected chi connectivity index (χ1v) is 4.81. The molecule has 6 nitrogen and oxygen atoms in total. The number of carbonyl (C=O) groups excluding carboxylic acids is 1. The van der Waals surface area contributed by atoms with Crippen LogP contribution in [0.2, 0.25) is 0 Å². The largest absolute Gasteiger partial charge is 0.367 e. The molecule has 1 heterocycles. The topological polar surface area (TPSA) is 81.9 Å². The van der Waals surface area contributed by atoms with Gasteiger partial charge in [0.1, 0.15) is 6.07 Å². The third-order valence-corrected chi connectivity index (χ3v) is 1.97. The number of hydrogen-bond donors (Lipinski definition) is 1. The number of carbonyl (C=O) groups is 1. The van der Waals surface area contributed by atoms with Gasteiger partial charge in [0.2, 0.25) is 5.91 Å². The third-order valence-electron chi connectivity index (χ3n) is 1.97. The molecule has 1 rings (SSSR count). The summed E-state index contributed by atoms with van der Waals surface area (Å²) >= 11 is 0. The number of nitrogens with one attached hydrogen (secondary N) is 1. The predicted molar refractivity (Wildman–Crippen MR) is 58.5 cm³/mol. The summed E-state index contributed by atoms with van der Waals surface area (Å²) in [5.41, 5.74) is 0.423. The average molecular weight is 219 g/mol. The molecule has 0 aliphatic carbocycles. The Morgan fingerprint density at radius 1 is 1.62 bits per heavy atom. The van der Waals surface area contributed by atoms with Crippen LogP contribution >= 0.6 is 0 Å². The van der Waals surface area contributed by atoms with Crippen LogP contribution in [0.3, 0.4) is 0 Å². The molecule has 0 saturated heterocycles.